The lowest BCUT2D eigenvalue weighted by Crippen LogP contribution is -2.61. The Balaban J connectivity index is 1.46. The van der Waals surface area contributed by atoms with Gasteiger partial charge in [-0.15, -0.1) is 6.42 Å². The highest BCUT2D eigenvalue weighted by atomic mass is 32.5. The summed E-state index contributed by atoms with van der Waals surface area (Å²) in [6, 6.07) is 0. The van der Waals surface area contributed by atoms with Gasteiger partial charge in [-0.1, -0.05) is 5.92 Å². The highest BCUT2D eigenvalue weighted by Gasteiger charge is 2.58. The van der Waals surface area contributed by atoms with E-state index in [0.717, 1.165) is 6.33 Å². The molecule has 240 valence electrons. The van der Waals surface area contributed by atoms with Gasteiger partial charge in [0.2, 0.25) is 5.95 Å². The molecule has 2 aliphatic heterocycles. The van der Waals surface area contributed by atoms with Crippen molar-refractivity contribution in [1.82, 2.24) is 19.6 Å². The molecule has 4 rings (SSSR count). The Morgan fingerprint density at radius 3 is 2.56 bits per heavy atom. The Morgan fingerprint density at radius 1 is 1.23 bits per heavy atom. The van der Waals surface area contributed by atoms with Crippen LogP contribution in [0.25, 0.3) is 5.65 Å². The van der Waals surface area contributed by atoms with Crippen LogP contribution in [0, 0.1) is 12.3 Å². The maximum absolute atomic E-state index is 12.6. The number of hydrogen-bond acceptors (Lipinski definition) is 18. The summed E-state index contributed by atoms with van der Waals surface area (Å²) < 4.78 is 44.5. The lowest BCUT2D eigenvalue weighted by molar-refractivity contribution is -0.292. The van der Waals surface area contributed by atoms with Gasteiger partial charge in [0.15, 0.2) is 17.5 Å². The predicted octanol–water partition coefficient (Wildman–Crippen LogP) is -3.95. The highest BCUT2D eigenvalue weighted by Crippen LogP contribution is 2.62. The maximum Gasteiger partial charge on any atom is 0.481 e. The Labute approximate surface area is 247 Å². The molecule has 2 aliphatic rings. The van der Waals surface area contributed by atoms with E-state index in [0.29, 0.717) is 0 Å². The third-order valence-electron chi connectivity index (χ3n) is 6.71. The minimum atomic E-state index is -5.48. The molecule has 12 atom stereocenters. The third kappa shape index (κ3) is 6.62. The summed E-state index contributed by atoms with van der Waals surface area (Å²) in [5.74, 6) is 2.33. The zero-order valence-corrected chi connectivity index (χ0v) is 24.6. The van der Waals surface area contributed by atoms with E-state index < -0.39 is 88.5 Å². The number of hydrogen-bond donors (Lipinski definition) is 9. The van der Waals surface area contributed by atoms with Crippen molar-refractivity contribution in [2.75, 3.05) is 26.1 Å². The lowest BCUT2D eigenvalue weighted by atomic mass is 9.88. The van der Waals surface area contributed by atoms with Crippen LogP contribution in [0.1, 0.15) is 11.7 Å². The van der Waals surface area contributed by atoms with Crippen LogP contribution in [-0.4, -0.2) is 135 Å². The number of phosphoric acid groups is 1. The van der Waals surface area contributed by atoms with E-state index in [2.05, 4.69) is 29.8 Å². The molecule has 2 aromatic rings. The van der Waals surface area contributed by atoms with Gasteiger partial charge in [0, 0.05) is 12.7 Å². The molecule has 0 spiro atoms. The van der Waals surface area contributed by atoms with Gasteiger partial charge in [0.1, 0.15) is 55.2 Å². The van der Waals surface area contributed by atoms with E-state index >= 15 is 0 Å². The first-order valence-electron chi connectivity index (χ1n) is 12.1. The van der Waals surface area contributed by atoms with Crippen LogP contribution in [-0.2, 0) is 43.9 Å². The second kappa shape index (κ2) is 12.9. The maximum atomic E-state index is 12.6. The van der Waals surface area contributed by atoms with Crippen molar-refractivity contribution in [1.29, 1.82) is 0 Å². The fourth-order valence-electron chi connectivity index (χ4n) is 4.55. The van der Waals surface area contributed by atoms with Crippen LogP contribution in [0.5, 0.6) is 0 Å². The Morgan fingerprint density at radius 2 is 1.93 bits per heavy atom. The van der Waals surface area contributed by atoms with Crippen molar-refractivity contribution in [3.8, 4) is 12.3 Å². The minimum absolute atomic E-state index is 0.0101. The summed E-state index contributed by atoms with van der Waals surface area (Å²) in [5.41, 5.74) is 4.38. The molecule has 4 heterocycles. The number of phosphoric ester groups is 1. The Kier molecular flexibility index (Phi) is 10.2. The molecule has 23 heteroatoms. The van der Waals surface area contributed by atoms with Gasteiger partial charge in [-0.3, -0.25) is 4.52 Å². The molecule has 10 N–H and O–H groups in total. The molecule has 0 aromatic carbocycles. The second-order valence-electron chi connectivity index (χ2n) is 9.32. The van der Waals surface area contributed by atoms with Crippen LogP contribution < -0.4 is 5.73 Å². The molecule has 0 bridgehead atoms. The molecule has 0 saturated carbocycles. The van der Waals surface area contributed by atoms with Crippen LogP contribution in [0.4, 0.5) is 5.95 Å². The molecule has 2 fully saturated rings. The normalized spacial score (nSPS) is 36.6. The van der Waals surface area contributed by atoms with E-state index in [9.17, 15) is 39.9 Å². The number of aromatic nitrogens is 4. The number of nitrogens with zero attached hydrogens (tertiary/aromatic N) is 4. The van der Waals surface area contributed by atoms with Gasteiger partial charge in [0.25, 0.3) is 0 Å². The molecule has 20 nitrogen and oxygen atoms in total. The van der Waals surface area contributed by atoms with Crippen molar-refractivity contribution in [2.24, 2.45) is 0 Å². The number of rotatable bonds is 11. The summed E-state index contributed by atoms with van der Waals surface area (Å²) in [6.07, 6.45) is -7.94. The quantitative estimate of drug-likeness (QED) is 0.0812. The standard InChI is InChI=1S/C20H29N5O15P2S/c1-3-20(35-2)15(31)10(37-16(20)8-4-24-25-17(8)22-7-23-19(25)21)6-36-42(34,43)40-41(32,33)39-18-13(30)11(28)12(29)14(38-18)9(27)5-26/h1,4,7,9-16,18,26-31H,5-6H2,2H3,(H,32,33)(H,34,43)(H2,21,22,23)/t9-,10+,11?,12?,13?,14?,15+,16-,18?,20+,42?/m0/s1. The number of methoxy groups -OCH3 is 1. The van der Waals surface area contributed by atoms with Crippen molar-refractivity contribution in [3.63, 3.8) is 0 Å². The second-order valence-corrected chi connectivity index (χ2v) is 13.7. The SMILES string of the molecule is C#C[C@@]1(OC)[C@H](O)[C@@H](COP(O)(=S)OP(=O)(O)OC2OC([C@@H](O)CO)C(O)C(O)C2O)O[C@H]1c1cnn2c(N)ncnc12. The first-order valence-corrected chi connectivity index (χ1v) is 16.2. The first-order chi connectivity index (χ1) is 20.1. The van der Waals surface area contributed by atoms with E-state index in [1.54, 1.807) is 0 Å². The number of anilines is 1. The van der Waals surface area contributed by atoms with Gasteiger partial charge < -0.3 is 64.9 Å². The van der Waals surface area contributed by atoms with Gasteiger partial charge >= 0.3 is 14.5 Å². The number of nitrogen functional groups attached to an aromatic ring is 1. The monoisotopic (exact) mass is 673 g/mol. The van der Waals surface area contributed by atoms with E-state index in [1.807, 2.05) is 0 Å². The molecule has 2 saturated heterocycles. The largest absolute Gasteiger partial charge is 0.481 e. The number of fused-ring (bicyclic) bond motifs is 1. The Hall–Kier alpha value is -1.77. The Bertz CT molecular complexity index is 1450. The minimum Gasteiger partial charge on any atom is -0.394 e. The first kappa shape index (κ1) is 34.1. The molecular weight excluding hydrogens is 644 g/mol. The fraction of sp³-hybridized carbons (Fsp3) is 0.650. The zero-order valence-electron chi connectivity index (χ0n) is 21.9. The fourth-order valence-corrected chi connectivity index (χ4v) is 7.65. The van der Waals surface area contributed by atoms with E-state index in [1.165, 1.54) is 17.8 Å². The predicted molar refractivity (Wildman–Crippen MR) is 142 cm³/mol. The zero-order chi connectivity index (χ0) is 31.9. The highest BCUT2D eigenvalue weighted by molar-refractivity contribution is 8.08. The lowest BCUT2D eigenvalue weighted by Gasteiger charge is -2.41. The number of ether oxygens (including phenoxy) is 3. The topological polar surface area (TPSA) is 303 Å². The van der Waals surface area contributed by atoms with E-state index in [4.69, 9.17) is 47.8 Å². The average molecular weight is 673 g/mol. The molecule has 7 unspecified atom stereocenters. The molecule has 43 heavy (non-hydrogen) atoms. The van der Waals surface area contributed by atoms with Crippen LogP contribution in [0.15, 0.2) is 12.5 Å². The smallest absolute Gasteiger partial charge is 0.394 e. The molecule has 0 aliphatic carbocycles. The number of terminal acetylenes is 1. The summed E-state index contributed by atoms with van der Waals surface area (Å²) in [6.45, 7) is -6.43. The van der Waals surface area contributed by atoms with Crippen LogP contribution in [0.2, 0.25) is 0 Å². The summed E-state index contributed by atoms with van der Waals surface area (Å²) in [5, 5.41) is 64.1. The third-order valence-corrected chi connectivity index (χ3v) is 10.2. The molecule has 0 amide bonds. The van der Waals surface area contributed by atoms with Gasteiger partial charge in [0.05, 0.1) is 19.4 Å². The summed E-state index contributed by atoms with van der Waals surface area (Å²) >= 11 is 4.78. The number of aliphatic hydroxyl groups is 6. The number of nitrogens with two attached hydrogens (primary N) is 1. The van der Waals surface area contributed by atoms with Crippen LogP contribution >= 0.6 is 14.5 Å². The molecule has 2 aromatic heterocycles. The van der Waals surface area contributed by atoms with Gasteiger partial charge in [-0.05, 0) is 11.8 Å². The summed E-state index contributed by atoms with van der Waals surface area (Å²) in [7, 11) is -4.27. The van der Waals surface area contributed by atoms with Crippen molar-refractivity contribution in [2.45, 2.75) is 60.7 Å². The number of aliphatic hydroxyl groups excluding tert-OH is 6. The molecule has 0 radical (unpaired) electrons. The average Bonchev–Trinajstić information content (AvgIpc) is 3.50. The summed E-state index contributed by atoms with van der Waals surface area (Å²) in [4.78, 5) is 28.6. The van der Waals surface area contributed by atoms with E-state index in [-0.39, 0.29) is 17.2 Å². The van der Waals surface area contributed by atoms with Gasteiger partial charge in [-0.25, -0.2) is 18.8 Å². The van der Waals surface area contributed by atoms with Crippen molar-refractivity contribution < 1.29 is 72.6 Å². The molecular formula is C20H29N5O15P2S. The van der Waals surface area contributed by atoms with Crippen LogP contribution in [0.3, 0.4) is 0 Å². The van der Waals surface area contributed by atoms with Gasteiger partial charge in [-0.2, -0.15) is 9.61 Å². The van der Waals surface area contributed by atoms with Crippen molar-refractivity contribution in [3.05, 3.63) is 18.1 Å². The van der Waals surface area contributed by atoms with Crippen molar-refractivity contribution >= 4 is 37.9 Å².